The van der Waals surface area contributed by atoms with E-state index in [-0.39, 0.29) is 0 Å². The zero-order chi connectivity index (χ0) is 14.2. The number of hydrogen-bond acceptors (Lipinski definition) is 2. The normalized spacial score (nSPS) is 46.9. The third-order valence-electron chi connectivity index (χ3n) is 7.41. The minimum Gasteiger partial charge on any atom is -0.381 e. The minimum absolute atomic E-state index is 0.396. The van der Waals surface area contributed by atoms with Gasteiger partial charge in [-0.2, -0.15) is 0 Å². The van der Waals surface area contributed by atoms with Crippen LogP contribution in [0.25, 0.3) is 0 Å². The smallest absolute Gasteiger partial charge is 0.0402 e. The maximum Gasteiger partial charge on any atom is 0.0402 e. The highest BCUT2D eigenvalue weighted by Crippen LogP contribution is 2.62. The van der Waals surface area contributed by atoms with Gasteiger partial charge in [-0.05, 0) is 55.3 Å². The fourth-order valence-corrected chi connectivity index (χ4v) is 6.75. The summed E-state index contributed by atoms with van der Waals surface area (Å²) in [6.07, 6.45) is 4.13. The minimum atomic E-state index is 0.396. The molecule has 1 saturated carbocycles. The Kier molecular flexibility index (Phi) is 2.41. The van der Waals surface area contributed by atoms with Crippen LogP contribution in [0.15, 0.2) is 24.3 Å². The second-order valence-electron chi connectivity index (χ2n) is 7.82. The van der Waals surface area contributed by atoms with E-state index in [4.69, 9.17) is 0 Å². The van der Waals surface area contributed by atoms with Crippen LogP contribution in [0.2, 0.25) is 0 Å². The van der Waals surface area contributed by atoms with Crippen molar-refractivity contribution >= 4 is 5.69 Å². The Morgan fingerprint density at radius 3 is 3.00 bits per heavy atom. The first-order chi connectivity index (χ1) is 10.3. The lowest BCUT2D eigenvalue weighted by atomic mass is 9.52. The van der Waals surface area contributed by atoms with E-state index in [0.717, 1.165) is 23.8 Å². The fraction of sp³-hybridized carbons (Fsp3) is 0.684. The average molecular weight is 282 g/mol. The van der Waals surface area contributed by atoms with Crippen LogP contribution in [0.4, 0.5) is 5.69 Å². The van der Waals surface area contributed by atoms with Gasteiger partial charge < -0.3 is 5.32 Å². The lowest BCUT2D eigenvalue weighted by molar-refractivity contribution is -0.0322. The third kappa shape index (κ3) is 1.30. The van der Waals surface area contributed by atoms with Crippen LogP contribution >= 0.6 is 0 Å². The van der Waals surface area contributed by atoms with Crippen LogP contribution in [0.5, 0.6) is 0 Å². The van der Waals surface area contributed by atoms with E-state index >= 15 is 0 Å². The molecule has 1 N–H and O–H groups in total. The first-order valence-electron chi connectivity index (χ1n) is 8.87. The van der Waals surface area contributed by atoms with Gasteiger partial charge in [-0.15, -0.1) is 0 Å². The Labute approximate surface area is 127 Å². The van der Waals surface area contributed by atoms with Crippen molar-refractivity contribution in [2.75, 3.05) is 18.4 Å². The molecule has 2 saturated heterocycles. The summed E-state index contributed by atoms with van der Waals surface area (Å²) in [4.78, 5) is 2.84. The number of nitrogens with one attached hydrogen (secondary N) is 1. The van der Waals surface area contributed by atoms with Crippen molar-refractivity contribution in [1.29, 1.82) is 0 Å². The van der Waals surface area contributed by atoms with E-state index in [2.05, 4.69) is 48.3 Å². The fourth-order valence-electron chi connectivity index (χ4n) is 6.75. The first-order valence-corrected chi connectivity index (χ1v) is 8.87. The molecule has 1 aromatic carbocycles. The average Bonchev–Trinajstić information content (AvgIpc) is 3.08. The largest absolute Gasteiger partial charge is 0.381 e. The summed E-state index contributed by atoms with van der Waals surface area (Å²) in [6.45, 7) is 7.61. The van der Waals surface area contributed by atoms with Gasteiger partial charge in [-0.1, -0.05) is 38.5 Å². The molecule has 3 fully saturated rings. The van der Waals surface area contributed by atoms with Gasteiger partial charge in [-0.3, -0.25) is 4.90 Å². The van der Waals surface area contributed by atoms with E-state index in [1.54, 1.807) is 5.56 Å². The summed E-state index contributed by atoms with van der Waals surface area (Å²) in [5, 5.41) is 3.95. The Hall–Kier alpha value is -1.02. The number of rotatable bonds is 1. The molecule has 0 aromatic heterocycles. The molecule has 0 radical (unpaired) electrons. The van der Waals surface area contributed by atoms with Crippen molar-refractivity contribution in [3.05, 3.63) is 29.8 Å². The van der Waals surface area contributed by atoms with Gasteiger partial charge in [0, 0.05) is 23.2 Å². The highest BCUT2D eigenvalue weighted by atomic mass is 15.2. The molecule has 1 spiro atoms. The van der Waals surface area contributed by atoms with Gasteiger partial charge in [-0.25, -0.2) is 0 Å². The second kappa shape index (κ2) is 4.04. The molecule has 0 amide bonds. The van der Waals surface area contributed by atoms with Crippen LogP contribution in [-0.4, -0.2) is 30.1 Å². The number of anilines is 1. The molecule has 1 aliphatic carbocycles. The second-order valence-corrected chi connectivity index (χ2v) is 7.82. The van der Waals surface area contributed by atoms with Crippen LogP contribution in [0, 0.1) is 17.8 Å². The summed E-state index contributed by atoms with van der Waals surface area (Å²) in [6, 6.07) is 10.6. The molecule has 4 aliphatic rings. The molecule has 1 unspecified atom stereocenters. The highest BCUT2D eigenvalue weighted by molar-refractivity contribution is 5.64. The lowest BCUT2D eigenvalue weighted by Gasteiger charge is -2.58. The molecule has 5 rings (SSSR count). The van der Waals surface area contributed by atoms with E-state index < -0.39 is 0 Å². The Bertz CT molecular complexity index is 583. The summed E-state index contributed by atoms with van der Waals surface area (Å²) in [5.41, 5.74) is 3.46. The number of hydrogen-bond donors (Lipinski definition) is 1. The molecule has 1 aromatic rings. The van der Waals surface area contributed by atoms with Crippen molar-refractivity contribution in [3.63, 3.8) is 0 Å². The molecule has 3 aliphatic heterocycles. The predicted molar refractivity (Wildman–Crippen MR) is 86.6 cm³/mol. The van der Waals surface area contributed by atoms with Gasteiger partial charge in [0.15, 0.2) is 0 Å². The standard InChI is InChI=1S/C19H26N2/c1-3-13-14-8-10-21-11-9-19(18(13)21)15-6-4-5-7-16(15)20-17(19)12(14)2/h4-7,12-14,17-18,20H,3,8-11H2,1-2H3/t12?,13-,14-,17-,18-,19-/m1/s1. The van der Waals surface area contributed by atoms with Crippen LogP contribution in [0.1, 0.15) is 38.7 Å². The zero-order valence-electron chi connectivity index (χ0n) is 13.2. The van der Waals surface area contributed by atoms with Crippen molar-refractivity contribution < 1.29 is 0 Å². The van der Waals surface area contributed by atoms with Crippen molar-refractivity contribution in [2.24, 2.45) is 17.8 Å². The third-order valence-corrected chi connectivity index (χ3v) is 7.41. The molecular formula is C19H26N2. The topological polar surface area (TPSA) is 15.3 Å². The van der Waals surface area contributed by atoms with Crippen molar-refractivity contribution in [2.45, 2.75) is 50.6 Å². The molecule has 21 heavy (non-hydrogen) atoms. The van der Waals surface area contributed by atoms with Gasteiger partial charge in [0.25, 0.3) is 0 Å². The monoisotopic (exact) mass is 282 g/mol. The SMILES string of the molecule is CC[C@@H]1[C@@H]2CCN3CC[C@]4(c5ccccc5N[C@@H]4C2C)[C@@H]13. The molecule has 2 bridgehead atoms. The van der Waals surface area contributed by atoms with Crippen LogP contribution < -0.4 is 5.32 Å². The number of nitrogens with zero attached hydrogens (tertiary/aromatic N) is 1. The molecule has 3 heterocycles. The molecule has 112 valence electrons. The number of fused-ring (bicyclic) bond motifs is 2. The Morgan fingerprint density at radius 1 is 1.29 bits per heavy atom. The van der Waals surface area contributed by atoms with E-state index in [0.29, 0.717) is 11.5 Å². The molecular weight excluding hydrogens is 256 g/mol. The highest BCUT2D eigenvalue weighted by Gasteiger charge is 2.66. The predicted octanol–water partition coefficient (Wildman–Crippen LogP) is 3.49. The van der Waals surface area contributed by atoms with Gasteiger partial charge in [0.05, 0.1) is 0 Å². The van der Waals surface area contributed by atoms with Crippen molar-refractivity contribution in [1.82, 2.24) is 4.90 Å². The van der Waals surface area contributed by atoms with E-state index in [9.17, 15) is 0 Å². The lowest BCUT2D eigenvalue weighted by Crippen LogP contribution is -2.65. The molecule has 2 heteroatoms. The Balaban J connectivity index is 1.74. The summed E-state index contributed by atoms with van der Waals surface area (Å²) >= 11 is 0. The number of piperidine rings is 1. The van der Waals surface area contributed by atoms with Gasteiger partial charge in [0.1, 0.15) is 0 Å². The van der Waals surface area contributed by atoms with Crippen molar-refractivity contribution in [3.8, 4) is 0 Å². The first kappa shape index (κ1) is 12.5. The van der Waals surface area contributed by atoms with Crippen LogP contribution in [-0.2, 0) is 5.41 Å². The summed E-state index contributed by atoms with van der Waals surface area (Å²) < 4.78 is 0. The Morgan fingerprint density at radius 2 is 2.14 bits per heavy atom. The maximum absolute atomic E-state index is 3.95. The van der Waals surface area contributed by atoms with Gasteiger partial charge in [0.2, 0.25) is 0 Å². The van der Waals surface area contributed by atoms with E-state index in [1.165, 1.54) is 38.0 Å². The van der Waals surface area contributed by atoms with Crippen LogP contribution in [0.3, 0.4) is 0 Å². The summed E-state index contributed by atoms with van der Waals surface area (Å²) in [7, 11) is 0. The number of para-hydroxylation sites is 1. The zero-order valence-corrected chi connectivity index (χ0v) is 13.2. The quantitative estimate of drug-likeness (QED) is 0.848. The maximum atomic E-state index is 3.95. The molecule has 2 nitrogen and oxygen atoms in total. The van der Waals surface area contributed by atoms with E-state index in [1.807, 2.05) is 0 Å². The summed E-state index contributed by atoms with van der Waals surface area (Å²) in [5.74, 6) is 2.63. The van der Waals surface area contributed by atoms with Gasteiger partial charge >= 0.3 is 0 Å². The number of benzene rings is 1. The molecule has 6 atom stereocenters.